The maximum atomic E-state index is 5.33. The number of nitrogens with one attached hydrogen (secondary N) is 1. The number of methoxy groups -OCH3 is 1. The zero-order chi connectivity index (χ0) is 10.8. The lowest BCUT2D eigenvalue weighted by Crippen LogP contribution is -2.16. The molecule has 0 bridgehead atoms. The minimum atomic E-state index is 0.346. The van der Waals surface area contributed by atoms with Crippen molar-refractivity contribution in [3.8, 4) is 0 Å². The van der Waals surface area contributed by atoms with Crippen LogP contribution in [0.25, 0.3) is 0 Å². The monoisotopic (exact) mass is 226 g/mol. The molecule has 0 aliphatic carbocycles. The normalized spacial score (nSPS) is 26.4. The van der Waals surface area contributed by atoms with Crippen molar-refractivity contribution < 1.29 is 4.74 Å². The van der Waals surface area contributed by atoms with E-state index in [1.807, 2.05) is 0 Å². The van der Waals surface area contributed by atoms with E-state index in [0.717, 1.165) is 13.0 Å². The van der Waals surface area contributed by atoms with E-state index in [2.05, 4.69) is 29.5 Å². The molecule has 15 heavy (non-hydrogen) atoms. The molecule has 1 aromatic heterocycles. The number of aromatic nitrogens is 1. The standard InChI is InChI=1S/C11H18N2OS/c1-7(2)11-13-10(6-15-11)9-4-8(14-3)5-12-9/h6-9,12H,4-5H2,1-3H3. The second-order valence-electron chi connectivity index (χ2n) is 4.32. The lowest BCUT2D eigenvalue weighted by Gasteiger charge is -2.06. The SMILES string of the molecule is COC1CNC(c2csc(C(C)C)n2)C1. The molecule has 0 saturated carbocycles. The highest BCUT2D eigenvalue weighted by atomic mass is 32.1. The van der Waals surface area contributed by atoms with Crippen molar-refractivity contribution in [2.75, 3.05) is 13.7 Å². The van der Waals surface area contributed by atoms with Gasteiger partial charge in [0.2, 0.25) is 0 Å². The Hall–Kier alpha value is -0.450. The predicted octanol–water partition coefficient (Wildman–Crippen LogP) is 2.32. The summed E-state index contributed by atoms with van der Waals surface area (Å²) < 4.78 is 5.33. The van der Waals surface area contributed by atoms with Crippen LogP contribution in [0, 0.1) is 0 Å². The topological polar surface area (TPSA) is 34.1 Å². The Morgan fingerprint density at radius 3 is 2.93 bits per heavy atom. The van der Waals surface area contributed by atoms with Gasteiger partial charge in [0.15, 0.2) is 0 Å². The Morgan fingerprint density at radius 1 is 1.60 bits per heavy atom. The van der Waals surface area contributed by atoms with Crippen molar-refractivity contribution in [1.29, 1.82) is 0 Å². The molecule has 2 atom stereocenters. The highest BCUT2D eigenvalue weighted by molar-refractivity contribution is 7.09. The van der Waals surface area contributed by atoms with Crippen LogP contribution in [0.3, 0.4) is 0 Å². The molecule has 1 N–H and O–H groups in total. The van der Waals surface area contributed by atoms with Crippen LogP contribution in [0.5, 0.6) is 0 Å². The van der Waals surface area contributed by atoms with Crippen LogP contribution < -0.4 is 5.32 Å². The number of rotatable bonds is 3. The van der Waals surface area contributed by atoms with Crippen LogP contribution >= 0.6 is 11.3 Å². The summed E-state index contributed by atoms with van der Waals surface area (Å²) in [5.41, 5.74) is 1.18. The number of hydrogen-bond acceptors (Lipinski definition) is 4. The Kier molecular flexibility index (Phi) is 3.38. The molecule has 0 aromatic carbocycles. The van der Waals surface area contributed by atoms with Crippen LogP contribution in [0.15, 0.2) is 5.38 Å². The smallest absolute Gasteiger partial charge is 0.0954 e. The molecule has 2 rings (SSSR count). The first kappa shape index (κ1) is 11.0. The van der Waals surface area contributed by atoms with Gasteiger partial charge in [-0.15, -0.1) is 11.3 Å². The summed E-state index contributed by atoms with van der Waals surface area (Å²) in [5.74, 6) is 0.531. The van der Waals surface area contributed by atoms with E-state index in [0.29, 0.717) is 18.1 Å². The van der Waals surface area contributed by atoms with Gasteiger partial charge in [0.05, 0.1) is 22.8 Å². The molecule has 0 radical (unpaired) electrons. The largest absolute Gasteiger partial charge is 0.380 e. The predicted molar refractivity (Wildman–Crippen MR) is 62.4 cm³/mol. The van der Waals surface area contributed by atoms with Gasteiger partial charge in [0.1, 0.15) is 0 Å². The third kappa shape index (κ3) is 2.38. The first-order valence-corrected chi connectivity index (χ1v) is 6.30. The van der Waals surface area contributed by atoms with Crippen LogP contribution in [0.4, 0.5) is 0 Å². The van der Waals surface area contributed by atoms with Crippen LogP contribution in [-0.2, 0) is 4.74 Å². The maximum absolute atomic E-state index is 5.33. The highest BCUT2D eigenvalue weighted by Crippen LogP contribution is 2.28. The minimum absolute atomic E-state index is 0.346. The van der Waals surface area contributed by atoms with Crippen molar-refractivity contribution >= 4 is 11.3 Å². The zero-order valence-corrected chi connectivity index (χ0v) is 10.3. The summed E-state index contributed by atoms with van der Waals surface area (Å²) in [5, 5.41) is 6.85. The molecule has 84 valence electrons. The molecule has 2 heterocycles. The van der Waals surface area contributed by atoms with Gasteiger partial charge in [0.25, 0.3) is 0 Å². The molecular formula is C11H18N2OS. The Balaban J connectivity index is 2.04. The van der Waals surface area contributed by atoms with Crippen molar-refractivity contribution in [3.63, 3.8) is 0 Å². The lowest BCUT2D eigenvalue weighted by atomic mass is 10.1. The second-order valence-corrected chi connectivity index (χ2v) is 5.21. The van der Waals surface area contributed by atoms with Gasteiger partial charge in [0, 0.05) is 25.0 Å². The Morgan fingerprint density at radius 2 is 2.40 bits per heavy atom. The summed E-state index contributed by atoms with van der Waals surface area (Å²) in [4.78, 5) is 4.66. The molecular weight excluding hydrogens is 208 g/mol. The fourth-order valence-corrected chi connectivity index (χ4v) is 2.72. The lowest BCUT2D eigenvalue weighted by molar-refractivity contribution is 0.117. The van der Waals surface area contributed by atoms with Crippen LogP contribution in [-0.4, -0.2) is 24.7 Å². The average molecular weight is 226 g/mol. The molecule has 3 nitrogen and oxygen atoms in total. The van der Waals surface area contributed by atoms with Gasteiger partial charge in [-0.1, -0.05) is 13.8 Å². The van der Waals surface area contributed by atoms with Crippen molar-refractivity contribution in [3.05, 3.63) is 16.1 Å². The van der Waals surface area contributed by atoms with E-state index in [-0.39, 0.29) is 0 Å². The number of hydrogen-bond donors (Lipinski definition) is 1. The quantitative estimate of drug-likeness (QED) is 0.859. The molecule has 0 amide bonds. The van der Waals surface area contributed by atoms with E-state index >= 15 is 0 Å². The third-order valence-electron chi connectivity index (χ3n) is 2.81. The van der Waals surface area contributed by atoms with Gasteiger partial charge in [-0.3, -0.25) is 0 Å². The molecule has 1 aliphatic heterocycles. The fourth-order valence-electron chi connectivity index (χ4n) is 1.83. The molecule has 1 fully saturated rings. The zero-order valence-electron chi connectivity index (χ0n) is 9.49. The number of thiazole rings is 1. The van der Waals surface area contributed by atoms with Crippen molar-refractivity contribution in [1.82, 2.24) is 10.3 Å². The molecule has 1 aliphatic rings. The molecule has 1 saturated heterocycles. The van der Waals surface area contributed by atoms with E-state index < -0.39 is 0 Å². The Labute approximate surface area is 94.9 Å². The Bertz CT molecular complexity index is 324. The van der Waals surface area contributed by atoms with E-state index in [1.54, 1.807) is 18.4 Å². The van der Waals surface area contributed by atoms with Gasteiger partial charge in [-0.25, -0.2) is 4.98 Å². The summed E-state index contributed by atoms with van der Waals surface area (Å²) >= 11 is 1.76. The summed E-state index contributed by atoms with van der Waals surface area (Å²) in [6.07, 6.45) is 1.39. The summed E-state index contributed by atoms with van der Waals surface area (Å²) in [6.45, 7) is 5.31. The molecule has 2 unspecified atom stereocenters. The van der Waals surface area contributed by atoms with Gasteiger partial charge < -0.3 is 10.1 Å². The minimum Gasteiger partial charge on any atom is -0.380 e. The average Bonchev–Trinajstić information content (AvgIpc) is 2.86. The van der Waals surface area contributed by atoms with Crippen LogP contribution in [0.1, 0.15) is 42.9 Å². The fraction of sp³-hybridized carbons (Fsp3) is 0.727. The first-order chi connectivity index (χ1) is 7.20. The van der Waals surface area contributed by atoms with Gasteiger partial charge >= 0.3 is 0 Å². The highest BCUT2D eigenvalue weighted by Gasteiger charge is 2.26. The van der Waals surface area contributed by atoms with Crippen molar-refractivity contribution in [2.24, 2.45) is 0 Å². The first-order valence-electron chi connectivity index (χ1n) is 5.42. The van der Waals surface area contributed by atoms with Gasteiger partial charge in [-0.2, -0.15) is 0 Å². The number of ether oxygens (including phenoxy) is 1. The van der Waals surface area contributed by atoms with Gasteiger partial charge in [-0.05, 0) is 6.42 Å². The second kappa shape index (κ2) is 4.60. The number of nitrogens with zero attached hydrogens (tertiary/aromatic N) is 1. The summed E-state index contributed by atoms with van der Waals surface area (Å²) in [7, 11) is 1.77. The summed E-state index contributed by atoms with van der Waals surface area (Å²) in [6, 6.07) is 0.388. The van der Waals surface area contributed by atoms with E-state index in [1.165, 1.54) is 10.7 Å². The van der Waals surface area contributed by atoms with Crippen LogP contribution in [0.2, 0.25) is 0 Å². The van der Waals surface area contributed by atoms with E-state index in [4.69, 9.17) is 4.74 Å². The van der Waals surface area contributed by atoms with Crippen molar-refractivity contribution in [2.45, 2.75) is 38.3 Å². The molecule has 0 spiro atoms. The third-order valence-corrected chi connectivity index (χ3v) is 3.98. The molecule has 4 heteroatoms. The molecule has 1 aromatic rings. The van der Waals surface area contributed by atoms with E-state index in [9.17, 15) is 0 Å². The maximum Gasteiger partial charge on any atom is 0.0954 e.